The van der Waals surface area contributed by atoms with Crippen molar-refractivity contribution >= 4 is 17.2 Å². The van der Waals surface area contributed by atoms with Crippen LogP contribution >= 0.6 is 11.3 Å². The number of pyridine rings is 1. The third-order valence-corrected chi connectivity index (χ3v) is 3.14. The van der Waals surface area contributed by atoms with Crippen LogP contribution in [0.3, 0.4) is 0 Å². The van der Waals surface area contributed by atoms with Crippen LogP contribution in [-0.4, -0.2) is 4.98 Å². The summed E-state index contributed by atoms with van der Waals surface area (Å²) in [6.45, 7) is 1.98. The molecule has 0 radical (unpaired) electrons. The van der Waals surface area contributed by atoms with Gasteiger partial charge in [0.15, 0.2) is 0 Å². The van der Waals surface area contributed by atoms with Gasteiger partial charge in [-0.05, 0) is 40.9 Å². The van der Waals surface area contributed by atoms with E-state index in [9.17, 15) is 0 Å². The highest BCUT2D eigenvalue weighted by Gasteiger charge is 2.16. The van der Waals surface area contributed by atoms with Gasteiger partial charge in [0.25, 0.3) is 0 Å². The molecule has 0 bridgehead atoms. The van der Waals surface area contributed by atoms with Crippen LogP contribution in [0.4, 0.5) is 5.82 Å². The molecule has 16 heavy (non-hydrogen) atoms. The van der Waals surface area contributed by atoms with E-state index in [1.54, 1.807) is 17.5 Å². The molecule has 1 atom stereocenters. The molecular formula is C11H14N4S. The van der Waals surface area contributed by atoms with Crippen molar-refractivity contribution in [3.63, 3.8) is 0 Å². The van der Waals surface area contributed by atoms with Crippen molar-refractivity contribution in [2.24, 2.45) is 5.84 Å². The molecule has 0 aliphatic carbocycles. The molecule has 2 aromatic heterocycles. The molecule has 2 heterocycles. The van der Waals surface area contributed by atoms with Crippen molar-refractivity contribution in [2.75, 3.05) is 5.73 Å². The number of nitrogens with two attached hydrogens (primary N) is 2. The van der Waals surface area contributed by atoms with E-state index in [0.29, 0.717) is 5.82 Å². The fourth-order valence-corrected chi connectivity index (χ4v) is 2.32. The summed E-state index contributed by atoms with van der Waals surface area (Å²) in [5.74, 6) is 6.10. The fraction of sp³-hybridized carbons (Fsp3) is 0.182. The SMILES string of the molecule is Cc1cnc(N)c(C(NN)c2ccsc2)c1. The smallest absolute Gasteiger partial charge is 0.128 e. The number of hydrogen-bond donors (Lipinski definition) is 3. The molecule has 5 N–H and O–H groups in total. The van der Waals surface area contributed by atoms with E-state index < -0.39 is 0 Å². The molecule has 0 amide bonds. The van der Waals surface area contributed by atoms with Crippen molar-refractivity contribution in [3.05, 3.63) is 45.8 Å². The van der Waals surface area contributed by atoms with Crippen LogP contribution in [0.1, 0.15) is 22.7 Å². The van der Waals surface area contributed by atoms with Crippen molar-refractivity contribution in [3.8, 4) is 0 Å². The predicted octanol–water partition coefficient (Wildman–Crippen LogP) is 1.59. The Bertz CT molecular complexity index is 467. The standard InChI is InChI=1S/C11H14N4S/c1-7-4-9(11(12)14-5-7)10(15-13)8-2-3-16-6-8/h2-6,10,15H,13H2,1H3,(H2,12,14). The quantitative estimate of drug-likeness (QED) is 0.556. The first-order valence-corrected chi connectivity index (χ1v) is 5.87. The first-order chi connectivity index (χ1) is 7.72. The highest BCUT2D eigenvalue weighted by atomic mass is 32.1. The molecular weight excluding hydrogens is 220 g/mol. The predicted molar refractivity (Wildman–Crippen MR) is 66.9 cm³/mol. The van der Waals surface area contributed by atoms with Crippen molar-refractivity contribution in [1.82, 2.24) is 10.4 Å². The van der Waals surface area contributed by atoms with E-state index in [4.69, 9.17) is 11.6 Å². The number of aryl methyl sites for hydroxylation is 1. The summed E-state index contributed by atoms with van der Waals surface area (Å²) in [4.78, 5) is 4.14. The second-order valence-corrected chi connectivity index (χ2v) is 4.42. The fourth-order valence-electron chi connectivity index (χ4n) is 1.64. The second-order valence-electron chi connectivity index (χ2n) is 3.64. The molecule has 0 saturated carbocycles. The molecule has 2 rings (SSSR count). The molecule has 0 spiro atoms. The second kappa shape index (κ2) is 4.61. The summed E-state index contributed by atoms with van der Waals surface area (Å²) in [7, 11) is 0. The molecule has 2 aromatic rings. The Hall–Kier alpha value is -1.43. The number of hydrogen-bond acceptors (Lipinski definition) is 5. The van der Waals surface area contributed by atoms with Gasteiger partial charge in [-0.2, -0.15) is 11.3 Å². The zero-order valence-corrected chi connectivity index (χ0v) is 9.79. The van der Waals surface area contributed by atoms with Crippen molar-refractivity contribution < 1.29 is 0 Å². The molecule has 0 aliphatic rings. The molecule has 84 valence electrons. The molecule has 1 unspecified atom stereocenters. The Morgan fingerprint density at radius 3 is 2.94 bits per heavy atom. The topological polar surface area (TPSA) is 77.0 Å². The number of rotatable bonds is 3. The van der Waals surface area contributed by atoms with Crippen LogP contribution in [0, 0.1) is 6.92 Å². The average molecular weight is 234 g/mol. The van der Waals surface area contributed by atoms with Crippen LogP contribution in [0.15, 0.2) is 29.1 Å². The van der Waals surface area contributed by atoms with Gasteiger partial charge in [-0.1, -0.05) is 0 Å². The Kier molecular flexibility index (Phi) is 3.19. The Balaban J connectivity index is 2.44. The number of anilines is 1. The zero-order chi connectivity index (χ0) is 11.5. The van der Waals surface area contributed by atoms with Crippen LogP contribution in [0.25, 0.3) is 0 Å². The number of thiophene rings is 1. The van der Waals surface area contributed by atoms with Gasteiger partial charge in [0, 0.05) is 11.8 Å². The highest BCUT2D eigenvalue weighted by molar-refractivity contribution is 7.08. The van der Waals surface area contributed by atoms with Gasteiger partial charge in [0.2, 0.25) is 0 Å². The van der Waals surface area contributed by atoms with E-state index in [1.165, 1.54) is 0 Å². The summed E-state index contributed by atoms with van der Waals surface area (Å²) >= 11 is 1.63. The Labute approximate surface area is 98.3 Å². The first kappa shape index (κ1) is 11.1. The molecule has 4 nitrogen and oxygen atoms in total. The summed E-state index contributed by atoms with van der Waals surface area (Å²) in [6, 6.07) is 3.93. The van der Waals surface area contributed by atoms with Gasteiger partial charge in [-0.15, -0.1) is 0 Å². The normalized spacial score (nSPS) is 12.6. The van der Waals surface area contributed by atoms with Crippen LogP contribution < -0.4 is 17.0 Å². The van der Waals surface area contributed by atoms with Crippen LogP contribution in [0.2, 0.25) is 0 Å². The number of hydrazine groups is 1. The van der Waals surface area contributed by atoms with E-state index in [2.05, 4.69) is 10.4 Å². The largest absolute Gasteiger partial charge is 0.383 e. The highest BCUT2D eigenvalue weighted by Crippen LogP contribution is 2.26. The Morgan fingerprint density at radius 2 is 2.31 bits per heavy atom. The third-order valence-electron chi connectivity index (χ3n) is 2.44. The maximum Gasteiger partial charge on any atom is 0.128 e. The number of nitrogen functional groups attached to an aromatic ring is 1. The van der Waals surface area contributed by atoms with E-state index in [1.807, 2.05) is 29.8 Å². The van der Waals surface area contributed by atoms with Crippen LogP contribution in [0.5, 0.6) is 0 Å². The Morgan fingerprint density at radius 1 is 1.50 bits per heavy atom. The van der Waals surface area contributed by atoms with Crippen LogP contribution in [-0.2, 0) is 0 Å². The summed E-state index contributed by atoms with van der Waals surface area (Å²) in [5.41, 5.74) is 11.7. The summed E-state index contributed by atoms with van der Waals surface area (Å²) in [5, 5.41) is 4.06. The van der Waals surface area contributed by atoms with E-state index >= 15 is 0 Å². The maximum atomic E-state index is 5.87. The lowest BCUT2D eigenvalue weighted by Crippen LogP contribution is -2.29. The minimum atomic E-state index is -0.0985. The van der Waals surface area contributed by atoms with Crippen molar-refractivity contribution in [2.45, 2.75) is 13.0 Å². The minimum Gasteiger partial charge on any atom is -0.383 e. The van der Waals surface area contributed by atoms with Gasteiger partial charge < -0.3 is 5.73 Å². The summed E-state index contributed by atoms with van der Waals surface area (Å²) < 4.78 is 0. The zero-order valence-electron chi connectivity index (χ0n) is 8.97. The number of nitrogens with zero attached hydrogens (tertiary/aromatic N) is 1. The lowest BCUT2D eigenvalue weighted by molar-refractivity contribution is 0.638. The molecule has 5 heteroatoms. The lowest BCUT2D eigenvalue weighted by atomic mass is 10.0. The van der Waals surface area contributed by atoms with Gasteiger partial charge in [-0.25, -0.2) is 10.4 Å². The van der Waals surface area contributed by atoms with Gasteiger partial charge >= 0.3 is 0 Å². The minimum absolute atomic E-state index is 0.0985. The van der Waals surface area contributed by atoms with E-state index in [0.717, 1.165) is 16.7 Å². The average Bonchev–Trinajstić information content (AvgIpc) is 2.78. The third kappa shape index (κ3) is 2.06. The molecule has 0 saturated heterocycles. The lowest BCUT2D eigenvalue weighted by Gasteiger charge is -2.17. The van der Waals surface area contributed by atoms with E-state index in [-0.39, 0.29) is 6.04 Å². The molecule has 0 fully saturated rings. The number of nitrogens with one attached hydrogen (secondary N) is 1. The molecule has 0 aromatic carbocycles. The monoisotopic (exact) mass is 234 g/mol. The number of aromatic nitrogens is 1. The van der Waals surface area contributed by atoms with Gasteiger partial charge in [0.1, 0.15) is 5.82 Å². The molecule has 0 aliphatic heterocycles. The van der Waals surface area contributed by atoms with Crippen molar-refractivity contribution in [1.29, 1.82) is 0 Å². The van der Waals surface area contributed by atoms with Gasteiger partial charge in [0.05, 0.1) is 6.04 Å². The first-order valence-electron chi connectivity index (χ1n) is 4.92. The maximum absolute atomic E-state index is 5.87. The summed E-state index contributed by atoms with van der Waals surface area (Å²) in [6.07, 6.45) is 1.75. The van der Waals surface area contributed by atoms with Gasteiger partial charge in [-0.3, -0.25) is 5.84 Å².